The predicted octanol–water partition coefficient (Wildman–Crippen LogP) is 4.72. The third-order valence-electron chi connectivity index (χ3n) is 2.53. The highest BCUT2D eigenvalue weighted by molar-refractivity contribution is 9.10. The van der Waals surface area contributed by atoms with E-state index < -0.39 is 0 Å². The van der Waals surface area contributed by atoms with Crippen molar-refractivity contribution >= 4 is 26.7 Å². The highest BCUT2D eigenvalue weighted by atomic mass is 79.9. The van der Waals surface area contributed by atoms with Crippen molar-refractivity contribution in [2.45, 2.75) is 13.3 Å². The molecule has 0 spiro atoms. The molecule has 0 nitrogen and oxygen atoms in total. The minimum atomic E-state index is 1.00. The van der Waals surface area contributed by atoms with E-state index in [9.17, 15) is 0 Å². The molecule has 2 rings (SSSR count). The van der Waals surface area contributed by atoms with Crippen molar-refractivity contribution in [3.63, 3.8) is 0 Å². The average Bonchev–Trinajstić information content (AvgIpc) is 2.27. The second-order valence-electron chi connectivity index (χ2n) is 3.53. The van der Waals surface area contributed by atoms with Crippen molar-refractivity contribution in [2.75, 3.05) is 0 Å². The molecular weight excluding hydrogens is 248 g/mol. The van der Waals surface area contributed by atoms with Gasteiger partial charge >= 0.3 is 0 Å². The van der Waals surface area contributed by atoms with Gasteiger partial charge in [0.05, 0.1) is 0 Å². The van der Waals surface area contributed by atoms with Crippen molar-refractivity contribution in [3.8, 4) is 0 Å². The number of allylic oxidation sites excluding steroid dienone is 2. The molecule has 0 saturated carbocycles. The number of benzene rings is 2. The van der Waals surface area contributed by atoms with Crippen LogP contribution in [0, 0.1) is 0 Å². The molecule has 0 fully saturated rings. The maximum Gasteiger partial charge on any atom is 0.0253 e. The lowest BCUT2D eigenvalue weighted by Gasteiger charge is -2.05. The van der Waals surface area contributed by atoms with Crippen LogP contribution < -0.4 is 0 Å². The van der Waals surface area contributed by atoms with Crippen molar-refractivity contribution in [3.05, 3.63) is 58.6 Å². The van der Waals surface area contributed by atoms with Gasteiger partial charge in [-0.3, -0.25) is 0 Å². The second kappa shape index (κ2) is 4.63. The Kier molecular flexibility index (Phi) is 3.22. The van der Waals surface area contributed by atoms with Crippen molar-refractivity contribution in [2.24, 2.45) is 0 Å². The van der Waals surface area contributed by atoms with Gasteiger partial charge in [-0.05, 0) is 35.7 Å². The van der Waals surface area contributed by atoms with E-state index in [1.807, 2.05) is 0 Å². The quantitative estimate of drug-likeness (QED) is 0.686. The van der Waals surface area contributed by atoms with Crippen LogP contribution in [0.3, 0.4) is 0 Å². The molecule has 1 heteroatoms. The molecule has 0 radical (unpaired) electrons. The van der Waals surface area contributed by atoms with Gasteiger partial charge in [0.15, 0.2) is 0 Å². The first-order chi connectivity index (χ1) is 7.33. The van der Waals surface area contributed by atoms with E-state index in [0.29, 0.717) is 0 Å². The number of halogens is 1. The molecule has 15 heavy (non-hydrogen) atoms. The number of hydrogen-bond acceptors (Lipinski definition) is 0. The van der Waals surface area contributed by atoms with Crippen LogP contribution in [0.15, 0.2) is 53.0 Å². The summed E-state index contributed by atoms with van der Waals surface area (Å²) in [6.07, 6.45) is 5.29. The molecule has 0 amide bonds. The van der Waals surface area contributed by atoms with E-state index >= 15 is 0 Å². The largest absolute Gasteiger partial charge is 0.0913 e. The van der Waals surface area contributed by atoms with E-state index in [-0.39, 0.29) is 0 Å². The second-order valence-corrected chi connectivity index (χ2v) is 4.38. The van der Waals surface area contributed by atoms with E-state index in [4.69, 9.17) is 0 Å². The number of rotatable bonds is 2. The van der Waals surface area contributed by atoms with Crippen LogP contribution in [-0.4, -0.2) is 0 Å². The van der Waals surface area contributed by atoms with Gasteiger partial charge in [0.2, 0.25) is 0 Å². The topological polar surface area (TPSA) is 0 Å². The lowest BCUT2D eigenvalue weighted by Crippen LogP contribution is -1.84. The Hall–Kier alpha value is -1.08. The smallest absolute Gasteiger partial charge is 0.0253 e. The van der Waals surface area contributed by atoms with E-state index in [1.165, 1.54) is 20.8 Å². The summed E-state index contributed by atoms with van der Waals surface area (Å²) in [7, 11) is 0. The summed E-state index contributed by atoms with van der Waals surface area (Å²) in [4.78, 5) is 0. The third kappa shape index (κ3) is 2.13. The molecule has 76 valence electrons. The van der Waals surface area contributed by atoms with Gasteiger partial charge in [-0.15, -0.1) is 0 Å². The number of hydrogen-bond donors (Lipinski definition) is 0. The molecule has 0 bridgehead atoms. The lowest BCUT2D eigenvalue weighted by atomic mass is 10.0. The standard InChI is InChI=1S/C14H13Br/c1-2-3-6-11-7-4-9-13-12(11)8-5-10-14(13)15/h2-5,7-10H,6H2,1H3/b3-2+. The fourth-order valence-electron chi connectivity index (χ4n) is 1.76. The van der Waals surface area contributed by atoms with Gasteiger partial charge in [-0.25, -0.2) is 0 Å². The molecule has 0 aliphatic carbocycles. The Morgan fingerprint density at radius 3 is 2.60 bits per heavy atom. The fraction of sp³-hybridized carbons (Fsp3) is 0.143. The molecule has 0 heterocycles. The van der Waals surface area contributed by atoms with E-state index in [2.05, 4.69) is 71.4 Å². The number of fused-ring (bicyclic) bond motifs is 1. The summed E-state index contributed by atoms with van der Waals surface area (Å²) >= 11 is 3.58. The summed E-state index contributed by atoms with van der Waals surface area (Å²) in [5.41, 5.74) is 1.38. The molecule has 0 aliphatic rings. The summed E-state index contributed by atoms with van der Waals surface area (Å²) in [5, 5.41) is 2.63. The summed E-state index contributed by atoms with van der Waals surface area (Å²) in [6.45, 7) is 2.06. The van der Waals surface area contributed by atoms with Crippen LogP contribution in [0.5, 0.6) is 0 Å². The van der Waals surface area contributed by atoms with Crippen LogP contribution in [0.25, 0.3) is 10.8 Å². The van der Waals surface area contributed by atoms with Gasteiger partial charge in [0, 0.05) is 4.47 Å². The molecule has 0 unspecified atom stereocenters. The zero-order valence-corrected chi connectivity index (χ0v) is 10.3. The summed E-state index contributed by atoms with van der Waals surface area (Å²) in [6, 6.07) is 12.8. The van der Waals surface area contributed by atoms with Gasteiger partial charge in [-0.1, -0.05) is 58.4 Å². The summed E-state index contributed by atoms with van der Waals surface area (Å²) in [5.74, 6) is 0. The Balaban J connectivity index is 2.60. The first-order valence-electron chi connectivity index (χ1n) is 5.10. The Labute approximate surface area is 98.8 Å². The minimum Gasteiger partial charge on any atom is -0.0913 e. The van der Waals surface area contributed by atoms with Crippen LogP contribution >= 0.6 is 15.9 Å². The molecule has 0 saturated heterocycles. The van der Waals surface area contributed by atoms with Gasteiger partial charge in [0.25, 0.3) is 0 Å². The minimum absolute atomic E-state index is 1.00. The Morgan fingerprint density at radius 1 is 1.07 bits per heavy atom. The molecule has 2 aromatic rings. The van der Waals surface area contributed by atoms with E-state index in [0.717, 1.165) is 6.42 Å². The molecule has 0 N–H and O–H groups in total. The highest BCUT2D eigenvalue weighted by Gasteiger charge is 2.01. The van der Waals surface area contributed by atoms with Crippen LogP contribution in [0.2, 0.25) is 0 Å². The van der Waals surface area contributed by atoms with Crippen molar-refractivity contribution in [1.29, 1.82) is 0 Å². The first-order valence-corrected chi connectivity index (χ1v) is 5.89. The van der Waals surface area contributed by atoms with Crippen LogP contribution in [0.1, 0.15) is 12.5 Å². The fourth-order valence-corrected chi connectivity index (χ4v) is 2.26. The molecule has 0 aliphatic heterocycles. The molecule has 0 atom stereocenters. The zero-order chi connectivity index (χ0) is 10.7. The first kappa shape index (κ1) is 10.4. The average molecular weight is 261 g/mol. The van der Waals surface area contributed by atoms with Gasteiger partial charge < -0.3 is 0 Å². The maximum atomic E-state index is 3.58. The van der Waals surface area contributed by atoms with Crippen LogP contribution in [0.4, 0.5) is 0 Å². The van der Waals surface area contributed by atoms with Gasteiger partial charge in [-0.2, -0.15) is 0 Å². The molecule has 0 aromatic heterocycles. The van der Waals surface area contributed by atoms with Gasteiger partial charge in [0.1, 0.15) is 0 Å². The molecule has 2 aromatic carbocycles. The summed E-state index contributed by atoms with van der Waals surface area (Å²) < 4.78 is 1.17. The third-order valence-corrected chi connectivity index (χ3v) is 3.22. The highest BCUT2D eigenvalue weighted by Crippen LogP contribution is 2.26. The predicted molar refractivity (Wildman–Crippen MR) is 70.2 cm³/mol. The van der Waals surface area contributed by atoms with Crippen molar-refractivity contribution in [1.82, 2.24) is 0 Å². The normalized spacial score (nSPS) is 11.3. The Morgan fingerprint density at radius 2 is 1.80 bits per heavy atom. The zero-order valence-electron chi connectivity index (χ0n) is 8.70. The Bertz CT molecular complexity index is 498. The monoisotopic (exact) mass is 260 g/mol. The maximum absolute atomic E-state index is 3.58. The SMILES string of the molecule is C/C=C/Cc1cccc2c(Br)cccc12. The van der Waals surface area contributed by atoms with Crippen LogP contribution in [-0.2, 0) is 6.42 Å². The van der Waals surface area contributed by atoms with E-state index in [1.54, 1.807) is 0 Å². The molecular formula is C14H13Br. The lowest BCUT2D eigenvalue weighted by molar-refractivity contribution is 1.29. The van der Waals surface area contributed by atoms with Crippen molar-refractivity contribution < 1.29 is 0 Å².